The van der Waals surface area contributed by atoms with Gasteiger partial charge in [0, 0.05) is 24.0 Å². The molecule has 1 fully saturated rings. The smallest absolute Gasteiger partial charge is 0.225 e. The van der Waals surface area contributed by atoms with E-state index < -0.39 is 0 Å². The van der Waals surface area contributed by atoms with Gasteiger partial charge in [-0.25, -0.2) is 4.98 Å². The standard InChI is InChI=1S/C18H27N5S/c1-19-18-21-16(20-11-7-9-12(10-8-11)23(2)3)15-13-5-4-6-14(13)24-17(15)22-18/h11-12H,4-10H2,1-3H3,(H2,19,20,21,22)/t11-,12-. The van der Waals surface area contributed by atoms with Gasteiger partial charge < -0.3 is 15.5 Å². The Morgan fingerprint density at radius 3 is 2.58 bits per heavy atom. The van der Waals surface area contributed by atoms with Crippen LogP contribution in [0.25, 0.3) is 10.2 Å². The van der Waals surface area contributed by atoms with Gasteiger partial charge in [0.1, 0.15) is 10.6 Å². The molecule has 130 valence electrons. The second-order valence-corrected chi connectivity index (χ2v) is 8.38. The molecule has 5 nitrogen and oxygen atoms in total. The summed E-state index contributed by atoms with van der Waals surface area (Å²) in [5.74, 6) is 1.78. The quantitative estimate of drug-likeness (QED) is 0.888. The van der Waals surface area contributed by atoms with Gasteiger partial charge in [0.05, 0.1) is 5.39 Å². The van der Waals surface area contributed by atoms with Crippen molar-refractivity contribution in [3.8, 4) is 0 Å². The zero-order chi connectivity index (χ0) is 16.7. The lowest BCUT2D eigenvalue weighted by Crippen LogP contribution is -2.36. The Kier molecular flexibility index (Phi) is 4.35. The molecular formula is C18H27N5S. The van der Waals surface area contributed by atoms with Crippen LogP contribution >= 0.6 is 11.3 Å². The third-order valence-corrected chi connectivity index (χ3v) is 6.74. The first-order valence-corrected chi connectivity index (χ1v) is 9.90. The largest absolute Gasteiger partial charge is 0.367 e. The predicted octanol–water partition coefficient (Wildman–Crippen LogP) is 3.51. The van der Waals surface area contributed by atoms with Crippen molar-refractivity contribution in [1.82, 2.24) is 14.9 Å². The number of nitrogens with one attached hydrogen (secondary N) is 2. The van der Waals surface area contributed by atoms with Crippen molar-refractivity contribution in [3.05, 3.63) is 10.4 Å². The average molecular weight is 346 g/mol. The van der Waals surface area contributed by atoms with E-state index in [0.29, 0.717) is 6.04 Å². The highest BCUT2D eigenvalue weighted by Gasteiger charge is 2.26. The summed E-state index contributed by atoms with van der Waals surface area (Å²) in [6, 6.07) is 1.26. The van der Waals surface area contributed by atoms with E-state index in [9.17, 15) is 0 Å². The van der Waals surface area contributed by atoms with Crippen molar-refractivity contribution < 1.29 is 0 Å². The molecular weight excluding hydrogens is 318 g/mol. The molecule has 1 saturated carbocycles. The maximum atomic E-state index is 4.78. The van der Waals surface area contributed by atoms with Crippen LogP contribution in [0.4, 0.5) is 11.8 Å². The molecule has 2 N–H and O–H groups in total. The van der Waals surface area contributed by atoms with E-state index in [1.807, 2.05) is 18.4 Å². The molecule has 4 rings (SSSR count). The van der Waals surface area contributed by atoms with E-state index in [1.165, 1.54) is 60.8 Å². The number of fused-ring (bicyclic) bond motifs is 3. The molecule has 24 heavy (non-hydrogen) atoms. The Balaban J connectivity index is 1.61. The fourth-order valence-electron chi connectivity index (χ4n) is 4.14. The third-order valence-electron chi connectivity index (χ3n) is 5.56. The Labute approximate surface area is 147 Å². The summed E-state index contributed by atoms with van der Waals surface area (Å²) in [5, 5.41) is 8.18. The van der Waals surface area contributed by atoms with Gasteiger partial charge in [0.2, 0.25) is 5.95 Å². The summed E-state index contributed by atoms with van der Waals surface area (Å²) in [4.78, 5) is 14.5. The van der Waals surface area contributed by atoms with Crippen molar-refractivity contribution in [2.24, 2.45) is 0 Å². The summed E-state index contributed by atoms with van der Waals surface area (Å²) in [6.07, 6.45) is 8.63. The van der Waals surface area contributed by atoms with Crippen LogP contribution in [0.2, 0.25) is 0 Å². The van der Waals surface area contributed by atoms with Gasteiger partial charge in [0.25, 0.3) is 0 Å². The monoisotopic (exact) mass is 345 g/mol. The maximum absolute atomic E-state index is 4.78. The molecule has 0 saturated heterocycles. The molecule has 0 aliphatic heterocycles. The number of thiophene rings is 1. The number of hydrogen-bond donors (Lipinski definition) is 2. The van der Waals surface area contributed by atoms with Crippen molar-refractivity contribution in [3.63, 3.8) is 0 Å². The van der Waals surface area contributed by atoms with Crippen LogP contribution in [0.15, 0.2) is 0 Å². The minimum atomic E-state index is 0.529. The molecule has 6 heteroatoms. The van der Waals surface area contributed by atoms with Gasteiger partial charge in [0.15, 0.2) is 0 Å². The zero-order valence-corrected chi connectivity index (χ0v) is 15.7. The summed E-state index contributed by atoms with van der Waals surface area (Å²) < 4.78 is 0. The third kappa shape index (κ3) is 2.86. The summed E-state index contributed by atoms with van der Waals surface area (Å²) >= 11 is 1.86. The van der Waals surface area contributed by atoms with Gasteiger partial charge in [-0.3, -0.25) is 0 Å². The number of anilines is 2. The molecule has 2 aliphatic rings. The second kappa shape index (κ2) is 6.48. The molecule has 0 spiro atoms. The first kappa shape index (κ1) is 16.1. The average Bonchev–Trinajstić information content (AvgIpc) is 3.15. The summed E-state index contributed by atoms with van der Waals surface area (Å²) in [7, 11) is 6.29. The number of nitrogens with zero attached hydrogens (tertiary/aromatic N) is 3. The number of aryl methyl sites for hydroxylation is 2. The van der Waals surface area contributed by atoms with Crippen LogP contribution in [-0.4, -0.2) is 48.1 Å². The fourth-order valence-corrected chi connectivity index (χ4v) is 5.40. The van der Waals surface area contributed by atoms with Gasteiger partial charge in [-0.2, -0.15) is 4.98 Å². The summed E-state index contributed by atoms with van der Waals surface area (Å²) in [6.45, 7) is 0. The fraction of sp³-hybridized carbons (Fsp3) is 0.667. The van der Waals surface area contributed by atoms with Crippen LogP contribution in [0.5, 0.6) is 0 Å². The van der Waals surface area contributed by atoms with E-state index in [1.54, 1.807) is 0 Å². The van der Waals surface area contributed by atoms with Crippen LogP contribution < -0.4 is 10.6 Å². The number of hydrogen-bond acceptors (Lipinski definition) is 6. The van der Waals surface area contributed by atoms with Gasteiger partial charge in [-0.1, -0.05) is 0 Å². The van der Waals surface area contributed by atoms with E-state index in [4.69, 9.17) is 9.97 Å². The predicted molar refractivity (Wildman–Crippen MR) is 102 cm³/mol. The van der Waals surface area contributed by atoms with Crippen molar-refractivity contribution in [2.45, 2.75) is 57.0 Å². The van der Waals surface area contributed by atoms with E-state index >= 15 is 0 Å². The Bertz CT molecular complexity index is 731. The molecule has 0 aromatic carbocycles. The lowest BCUT2D eigenvalue weighted by atomic mass is 9.90. The molecule has 2 aliphatic carbocycles. The lowest BCUT2D eigenvalue weighted by Gasteiger charge is -2.33. The number of rotatable bonds is 4. The second-order valence-electron chi connectivity index (χ2n) is 7.30. The molecule has 0 radical (unpaired) electrons. The zero-order valence-electron chi connectivity index (χ0n) is 14.9. The SMILES string of the molecule is CNc1nc(N[C@H]2CC[C@H](N(C)C)CC2)c2c3c(sc2n1)CCC3. The van der Waals surface area contributed by atoms with E-state index in [-0.39, 0.29) is 0 Å². The first-order chi connectivity index (χ1) is 11.7. The van der Waals surface area contributed by atoms with E-state index in [2.05, 4.69) is 29.6 Å². The molecule has 2 heterocycles. The van der Waals surface area contributed by atoms with Crippen molar-refractivity contribution >= 4 is 33.3 Å². The topological polar surface area (TPSA) is 53.1 Å². The van der Waals surface area contributed by atoms with E-state index in [0.717, 1.165) is 22.6 Å². The Hall–Kier alpha value is -1.40. The Morgan fingerprint density at radius 1 is 1.08 bits per heavy atom. The molecule has 0 amide bonds. The van der Waals surface area contributed by atoms with Crippen LogP contribution in [0.1, 0.15) is 42.5 Å². The number of aromatic nitrogens is 2. The van der Waals surface area contributed by atoms with Crippen molar-refractivity contribution in [2.75, 3.05) is 31.8 Å². The first-order valence-electron chi connectivity index (χ1n) is 9.08. The highest BCUT2D eigenvalue weighted by Crippen LogP contribution is 2.40. The molecule has 0 bridgehead atoms. The van der Waals surface area contributed by atoms with Crippen LogP contribution in [0.3, 0.4) is 0 Å². The van der Waals surface area contributed by atoms with Gasteiger partial charge in [-0.15, -0.1) is 11.3 Å². The van der Waals surface area contributed by atoms with Crippen LogP contribution in [0, 0.1) is 0 Å². The molecule has 2 aromatic rings. The minimum absolute atomic E-state index is 0.529. The van der Waals surface area contributed by atoms with Gasteiger partial charge >= 0.3 is 0 Å². The lowest BCUT2D eigenvalue weighted by molar-refractivity contribution is 0.221. The highest BCUT2D eigenvalue weighted by atomic mass is 32.1. The summed E-state index contributed by atoms with van der Waals surface area (Å²) in [5.41, 5.74) is 1.50. The molecule has 0 unspecified atom stereocenters. The Morgan fingerprint density at radius 2 is 1.88 bits per heavy atom. The minimum Gasteiger partial charge on any atom is -0.367 e. The molecule has 2 aromatic heterocycles. The van der Waals surface area contributed by atoms with Crippen molar-refractivity contribution in [1.29, 1.82) is 0 Å². The van der Waals surface area contributed by atoms with Crippen LogP contribution in [-0.2, 0) is 12.8 Å². The van der Waals surface area contributed by atoms with Gasteiger partial charge in [-0.05, 0) is 64.6 Å². The molecule has 0 atom stereocenters. The highest BCUT2D eigenvalue weighted by molar-refractivity contribution is 7.19. The normalized spacial score (nSPS) is 23.7. The maximum Gasteiger partial charge on any atom is 0.225 e.